The van der Waals surface area contributed by atoms with E-state index in [2.05, 4.69) is 0 Å². The van der Waals surface area contributed by atoms with E-state index in [1.807, 2.05) is 0 Å². The minimum absolute atomic E-state index is 0.0336. The van der Waals surface area contributed by atoms with Crippen molar-refractivity contribution in [1.29, 1.82) is 0 Å². The summed E-state index contributed by atoms with van der Waals surface area (Å²) < 4.78 is 30.1. The molecule has 0 atom stereocenters. The molecule has 7 heteroatoms. The molecule has 0 amide bonds. The third-order valence-electron chi connectivity index (χ3n) is 2.37. The predicted octanol–water partition coefficient (Wildman–Crippen LogP) is 0.709. The summed E-state index contributed by atoms with van der Waals surface area (Å²) in [4.78, 5) is 10.5. The Bertz CT molecular complexity index is 553. The highest BCUT2D eigenvalue weighted by atomic mass is 32.2. The number of carboxylic acid groups (broad SMARTS) is 1. The Morgan fingerprint density at radius 2 is 2.06 bits per heavy atom. The van der Waals surface area contributed by atoms with Gasteiger partial charge in [-0.15, -0.1) is 0 Å². The van der Waals surface area contributed by atoms with Crippen molar-refractivity contribution in [3.05, 3.63) is 23.8 Å². The molecule has 1 aromatic carbocycles. The summed E-state index contributed by atoms with van der Waals surface area (Å²) in [5.74, 6) is -1.02. The molecule has 0 aliphatic rings. The molecule has 0 aliphatic heterocycles. The van der Waals surface area contributed by atoms with Crippen LogP contribution in [0.25, 0.3) is 0 Å². The van der Waals surface area contributed by atoms with Gasteiger partial charge in [0.2, 0.25) is 10.0 Å². The number of rotatable bonds is 5. The predicted molar refractivity (Wildman–Crippen MR) is 65.2 cm³/mol. The van der Waals surface area contributed by atoms with Crippen molar-refractivity contribution in [1.82, 2.24) is 4.31 Å². The van der Waals surface area contributed by atoms with E-state index in [9.17, 15) is 13.2 Å². The van der Waals surface area contributed by atoms with Gasteiger partial charge in [0.1, 0.15) is 17.2 Å². The fourth-order valence-electron chi connectivity index (χ4n) is 1.43. The lowest BCUT2D eigenvalue weighted by molar-refractivity contribution is -0.137. The number of carbonyl (C=O) groups is 1. The van der Waals surface area contributed by atoms with E-state index < -0.39 is 22.5 Å². The number of sulfonamides is 1. The molecule has 0 aliphatic carbocycles. The van der Waals surface area contributed by atoms with Gasteiger partial charge in [-0.05, 0) is 24.6 Å². The second-order valence-corrected chi connectivity index (χ2v) is 5.82. The molecule has 100 valence electrons. The molecule has 1 rings (SSSR count). The van der Waals surface area contributed by atoms with Crippen molar-refractivity contribution >= 4 is 16.0 Å². The summed E-state index contributed by atoms with van der Waals surface area (Å²) in [6.45, 7) is 1.15. The first-order chi connectivity index (χ1) is 8.28. The SMILES string of the molecule is COc1ccc(C)cc1S(=O)(=O)N(C)CC(=O)O. The zero-order valence-electron chi connectivity index (χ0n) is 10.4. The third-order valence-corrected chi connectivity index (χ3v) is 4.19. The standard InChI is InChI=1S/C11H15NO5S/c1-8-4-5-9(17-3)10(6-8)18(15,16)12(2)7-11(13)14/h4-6H,7H2,1-3H3,(H,13,14). The molecular formula is C11H15NO5S. The average molecular weight is 273 g/mol. The van der Waals surface area contributed by atoms with E-state index in [-0.39, 0.29) is 10.6 Å². The maximum absolute atomic E-state index is 12.2. The number of aryl methyl sites for hydroxylation is 1. The summed E-state index contributed by atoms with van der Waals surface area (Å²) in [7, 11) is -1.30. The van der Waals surface area contributed by atoms with E-state index in [0.29, 0.717) is 0 Å². The number of nitrogens with zero attached hydrogens (tertiary/aromatic N) is 1. The summed E-state index contributed by atoms with van der Waals surface area (Å²) in [5, 5.41) is 8.64. The molecule has 18 heavy (non-hydrogen) atoms. The monoisotopic (exact) mass is 273 g/mol. The lowest BCUT2D eigenvalue weighted by Gasteiger charge is -2.17. The van der Waals surface area contributed by atoms with Crippen LogP contribution in [0, 0.1) is 6.92 Å². The summed E-state index contributed by atoms with van der Waals surface area (Å²) >= 11 is 0. The molecule has 6 nitrogen and oxygen atoms in total. The normalized spacial score (nSPS) is 11.6. The number of benzene rings is 1. The average Bonchev–Trinajstić information content (AvgIpc) is 2.28. The highest BCUT2D eigenvalue weighted by molar-refractivity contribution is 7.89. The Balaban J connectivity index is 3.27. The van der Waals surface area contributed by atoms with Gasteiger partial charge < -0.3 is 9.84 Å². The van der Waals surface area contributed by atoms with Gasteiger partial charge >= 0.3 is 5.97 Å². The minimum atomic E-state index is -3.87. The Kier molecular flexibility index (Phi) is 4.31. The molecule has 0 saturated heterocycles. The van der Waals surface area contributed by atoms with Crippen LogP contribution in [0.1, 0.15) is 5.56 Å². The summed E-state index contributed by atoms with van der Waals surface area (Å²) in [5.41, 5.74) is 0.748. The number of ether oxygens (including phenoxy) is 1. The van der Waals surface area contributed by atoms with E-state index >= 15 is 0 Å². The number of likely N-dealkylation sites (N-methyl/N-ethyl adjacent to an activating group) is 1. The van der Waals surface area contributed by atoms with Crippen molar-refractivity contribution in [2.75, 3.05) is 20.7 Å². The Morgan fingerprint density at radius 3 is 2.56 bits per heavy atom. The van der Waals surface area contributed by atoms with Crippen LogP contribution in [0.15, 0.2) is 23.1 Å². The number of methoxy groups -OCH3 is 1. The van der Waals surface area contributed by atoms with Crippen LogP contribution in [-0.2, 0) is 14.8 Å². The van der Waals surface area contributed by atoms with Gasteiger partial charge in [-0.3, -0.25) is 4.79 Å². The van der Waals surface area contributed by atoms with E-state index in [1.54, 1.807) is 13.0 Å². The molecule has 0 unspecified atom stereocenters. The topological polar surface area (TPSA) is 83.9 Å². The van der Waals surface area contributed by atoms with E-state index in [0.717, 1.165) is 9.87 Å². The van der Waals surface area contributed by atoms with Crippen LogP contribution in [0.5, 0.6) is 5.75 Å². The van der Waals surface area contributed by atoms with Gasteiger partial charge in [-0.1, -0.05) is 6.07 Å². The number of carboxylic acids is 1. The molecule has 0 heterocycles. The first-order valence-electron chi connectivity index (χ1n) is 5.12. The van der Waals surface area contributed by atoms with Gasteiger partial charge in [-0.25, -0.2) is 8.42 Å². The Morgan fingerprint density at radius 1 is 1.44 bits per heavy atom. The third kappa shape index (κ3) is 2.99. The highest BCUT2D eigenvalue weighted by Crippen LogP contribution is 2.26. The Labute approximate surface area is 106 Å². The molecule has 0 saturated carbocycles. The zero-order chi connectivity index (χ0) is 13.9. The first-order valence-corrected chi connectivity index (χ1v) is 6.56. The molecular weight excluding hydrogens is 258 g/mol. The first kappa shape index (κ1) is 14.5. The second kappa shape index (κ2) is 5.36. The fraction of sp³-hybridized carbons (Fsp3) is 0.364. The maximum Gasteiger partial charge on any atom is 0.318 e. The van der Waals surface area contributed by atoms with E-state index in [1.165, 1.54) is 26.3 Å². The van der Waals surface area contributed by atoms with Crippen LogP contribution in [0.3, 0.4) is 0 Å². The largest absolute Gasteiger partial charge is 0.495 e. The van der Waals surface area contributed by atoms with Crippen LogP contribution >= 0.6 is 0 Å². The molecule has 0 bridgehead atoms. The molecule has 0 radical (unpaired) electrons. The van der Waals surface area contributed by atoms with E-state index in [4.69, 9.17) is 9.84 Å². The smallest absolute Gasteiger partial charge is 0.318 e. The van der Waals surface area contributed by atoms with Gasteiger partial charge in [0.05, 0.1) is 7.11 Å². The Hall–Kier alpha value is -1.60. The summed E-state index contributed by atoms with van der Waals surface area (Å²) in [6.07, 6.45) is 0. The molecule has 0 fully saturated rings. The summed E-state index contributed by atoms with van der Waals surface area (Å²) in [6, 6.07) is 4.71. The van der Waals surface area contributed by atoms with Crippen LogP contribution in [0.4, 0.5) is 0 Å². The number of hydrogen-bond donors (Lipinski definition) is 1. The molecule has 0 aromatic heterocycles. The van der Waals surface area contributed by atoms with Crippen molar-refractivity contribution in [2.45, 2.75) is 11.8 Å². The van der Waals surface area contributed by atoms with Crippen molar-refractivity contribution in [3.63, 3.8) is 0 Å². The molecule has 1 aromatic rings. The lowest BCUT2D eigenvalue weighted by Crippen LogP contribution is -2.32. The number of hydrogen-bond acceptors (Lipinski definition) is 4. The van der Waals surface area contributed by atoms with Gasteiger partial charge in [0, 0.05) is 7.05 Å². The van der Waals surface area contributed by atoms with Crippen molar-refractivity contribution in [2.24, 2.45) is 0 Å². The van der Waals surface area contributed by atoms with Crippen molar-refractivity contribution < 1.29 is 23.1 Å². The van der Waals surface area contributed by atoms with Gasteiger partial charge in [0.25, 0.3) is 0 Å². The van der Waals surface area contributed by atoms with Gasteiger partial charge in [-0.2, -0.15) is 4.31 Å². The quantitative estimate of drug-likeness (QED) is 0.854. The maximum atomic E-state index is 12.2. The van der Waals surface area contributed by atoms with Crippen LogP contribution in [-0.4, -0.2) is 44.5 Å². The van der Waals surface area contributed by atoms with Gasteiger partial charge in [0.15, 0.2) is 0 Å². The highest BCUT2D eigenvalue weighted by Gasteiger charge is 2.26. The fourth-order valence-corrected chi connectivity index (χ4v) is 2.79. The zero-order valence-corrected chi connectivity index (χ0v) is 11.2. The van der Waals surface area contributed by atoms with Crippen LogP contribution < -0.4 is 4.74 Å². The number of aliphatic carboxylic acids is 1. The van der Waals surface area contributed by atoms with Crippen LogP contribution in [0.2, 0.25) is 0 Å². The second-order valence-electron chi connectivity index (χ2n) is 3.81. The van der Waals surface area contributed by atoms with Crippen molar-refractivity contribution in [3.8, 4) is 5.75 Å². The minimum Gasteiger partial charge on any atom is -0.495 e. The molecule has 1 N–H and O–H groups in total. The lowest BCUT2D eigenvalue weighted by atomic mass is 10.2. The molecule has 0 spiro atoms.